The molecule has 1 atom stereocenters. The van der Waals surface area contributed by atoms with Crippen LogP contribution in [-0.4, -0.2) is 6.10 Å². The fourth-order valence-electron chi connectivity index (χ4n) is 0.598. The molecule has 0 aliphatic rings. The Balaban J connectivity index is 3.43. The van der Waals surface area contributed by atoms with Crippen LogP contribution in [0.3, 0.4) is 0 Å². The standard InChI is InChI=1S/C5H13O2PS/c1-3-5(4-2)7-8(6)9/h5,8H,3-4H2,1-2H3,(H,6,9). The summed E-state index contributed by atoms with van der Waals surface area (Å²) >= 11 is 3.67. The van der Waals surface area contributed by atoms with Crippen molar-refractivity contribution in [2.45, 2.75) is 32.8 Å². The fourth-order valence-corrected chi connectivity index (χ4v) is 1.66. The Labute approximate surface area is 62.0 Å². The van der Waals surface area contributed by atoms with Gasteiger partial charge in [-0.1, -0.05) is 26.1 Å². The molecule has 0 bridgehead atoms. The Kier molecular flexibility index (Phi) is 5.65. The summed E-state index contributed by atoms with van der Waals surface area (Å²) in [7, 11) is -2.01. The monoisotopic (exact) mass is 168 g/mol. The van der Waals surface area contributed by atoms with Crippen LogP contribution in [0.15, 0.2) is 0 Å². The van der Waals surface area contributed by atoms with Crippen LogP contribution in [0, 0.1) is 0 Å². The molecule has 56 valence electrons. The normalized spacial score (nSPS) is 14.2. The minimum absolute atomic E-state index is 0.133. The van der Waals surface area contributed by atoms with Gasteiger partial charge in [-0.25, -0.2) is 0 Å². The van der Waals surface area contributed by atoms with Crippen molar-refractivity contribution in [1.82, 2.24) is 0 Å². The Bertz CT molecular complexity index is 93.0. The fraction of sp³-hybridized carbons (Fsp3) is 1.00. The van der Waals surface area contributed by atoms with Crippen molar-refractivity contribution >= 4 is 19.5 Å². The van der Waals surface area contributed by atoms with Crippen molar-refractivity contribution in [3.8, 4) is 0 Å². The van der Waals surface area contributed by atoms with Crippen LogP contribution in [-0.2, 0) is 9.09 Å². The first kappa shape index (κ1) is 9.54. The van der Waals surface area contributed by atoms with Gasteiger partial charge in [0.25, 0.3) is 0 Å². The molecule has 0 aromatic carbocycles. The number of thiol groups is 1. The van der Waals surface area contributed by atoms with Gasteiger partial charge in [0.15, 0.2) is 0 Å². The van der Waals surface area contributed by atoms with Crippen LogP contribution in [0.2, 0.25) is 0 Å². The molecule has 0 heterocycles. The van der Waals surface area contributed by atoms with E-state index in [-0.39, 0.29) is 6.10 Å². The Morgan fingerprint density at radius 2 is 2.00 bits per heavy atom. The molecule has 0 aromatic heterocycles. The van der Waals surface area contributed by atoms with E-state index in [1.807, 2.05) is 13.8 Å². The second-order valence-electron chi connectivity index (χ2n) is 1.82. The number of hydrogen-bond acceptors (Lipinski definition) is 2. The molecule has 0 saturated heterocycles. The van der Waals surface area contributed by atoms with Gasteiger partial charge in [-0.05, 0) is 12.8 Å². The van der Waals surface area contributed by atoms with E-state index >= 15 is 0 Å². The van der Waals surface area contributed by atoms with Gasteiger partial charge in [-0.2, -0.15) is 0 Å². The molecule has 0 fully saturated rings. The highest BCUT2D eigenvalue weighted by atomic mass is 32.7. The molecule has 0 spiro atoms. The van der Waals surface area contributed by atoms with Gasteiger partial charge < -0.3 is 4.52 Å². The van der Waals surface area contributed by atoms with Gasteiger partial charge in [-0.15, -0.1) is 0 Å². The number of hydrogen-bond donors (Lipinski definition) is 1. The molecule has 2 nitrogen and oxygen atoms in total. The second kappa shape index (κ2) is 5.33. The smallest absolute Gasteiger partial charge is 0.243 e. The zero-order valence-corrected chi connectivity index (χ0v) is 7.65. The summed E-state index contributed by atoms with van der Waals surface area (Å²) in [6.07, 6.45) is 1.95. The van der Waals surface area contributed by atoms with Crippen LogP contribution < -0.4 is 0 Å². The van der Waals surface area contributed by atoms with Crippen molar-refractivity contribution in [2.75, 3.05) is 0 Å². The lowest BCUT2D eigenvalue weighted by Gasteiger charge is -2.09. The third-order valence-electron chi connectivity index (χ3n) is 1.18. The van der Waals surface area contributed by atoms with E-state index in [0.29, 0.717) is 0 Å². The van der Waals surface area contributed by atoms with Gasteiger partial charge in [-0.3, -0.25) is 4.57 Å². The van der Waals surface area contributed by atoms with Gasteiger partial charge >= 0.3 is 0 Å². The highest BCUT2D eigenvalue weighted by Gasteiger charge is 2.03. The van der Waals surface area contributed by atoms with E-state index in [1.54, 1.807) is 0 Å². The van der Waals surface area contributed by atoms with E-state index in [2.05, 4.69) is 12.2 Å². The van der Waals surface area contributed by atoms with Crippen LogP contribution in [0.4, 0.5) is 0 Å². The molecule has 4 heteroatoms. The highest BCUT2D eigenvalue weighted by Crippen LogP contribution is 2.30. The maximum absolute atomic E-state index is 10.4. The first-order valence-corrected chi connectivity index (χ1v) is 5.70. The topological polar surface area (TPSA) is 26.3 Å². The Morgan fingerprint density at radius 3 is 2.11 bits per heavy atom. The van der Waals surface area contributed by atoms with Crippen molar-refractivity contribution in [2.24, 2.45) is 0 Å². The lowest BCUT2D eigenvalue weighted by Crippen LogP contribution is -2.03. The minimum Gasteiger partial charge on any atom is -0.320 e. The Hall–Kier alpha value is 0.540. The SMILES string of the molecule is CCC(CC)O[PH](=O)S. The van der Waals surface area contributed by atoms with Gasteiger partial charge in [0.1, 0.15) is 0 Å². The lowest BCUT2D eigenvalue weighted by atomic mass is 10.2. The van der Waals surface area contributed by atoms with Crippen LogP contribution >= 0.6 is 19.5 Å². The van der Waals surface area contributed by atoms with Crippen molar-refractivity contribution in [3.63, 3.8) is 0 Å². The zero-order chi connectivity index (χ0) is 7.28. The first-order valence-electron chi connectivity index (χ1n) is 3.10. The average molecular weight is 168 g/mol. The van der Waals surface area contributed by atoms with Crippen molar-refractivity contribution < 1.29 is 9.09 Å². The maximum Gasteiger partial charge on any atom is 0.243 e. The summed E-state index contributed by atoms with van der Waals surface area (Å²) < 4.78 is 15.4. The predicted molar refractivity (Wildman–Crippen MR) is 43.4 cm³/mol. The summed E-state index contributed by atoms with van der Waals surface area (Å²) in [5, 5.41) is 0. The summed E-state index contributed by atoms with van der Waals surface area (Å²) in [5.41, 5.74) is 0. The van der Waals surface area contributed by atoms with Crippen molar-refractivity contribution in [3.05, 3.63) is 0 Å². The molecule has 1 unspecified atom stereocenters. The molecule has 0 aromatic rings. The second-order valence-corrected chi connectivity index (χ2v) is 3.69. The molecule has 0 amide bonds. The largest absolute Gasteiger partial charge is 0.320 e. The van der Waals surface area contributed by atoms with E-state index in [4.69, 9.17) is 4.52 Å². The molecule has 9 heavy (non-hydrogen) atoms. The van der Waals surface area contributed by atoms with Crippen LogP contribution in [0.1, 0.15) is 26.7 Å². The van der Waals surface area contributed by atoms with Crippen LogP contribution in [0.5, 0.6) is 0 Å². The molecule has 0 rings (SSSR count). The van der Waals surface area contributed by atoms with E-state index in [9.17, 15) is 4.57 Å². The minimum atomic E-state index is -2.01. The third-order valence-corrected chi connectivity index (χ3v) is 2.03. The zero-order valence-electron chi connectivity index (χ0n) is 5.76. The average Bonchev–Trinajstić information content (AvgIpc) is 1.82. The summed E-state index contributed by atoms with van der Waals surface area (Å²) in [6, 6.07) is 0. The van der Waals surface area contributed by atoms with Gasteiger partial charge in [0.05, 0.1) is 6.10 Å². The molecular weight excluding hydrogens is 155 g/mol. The maximum atomic E-state index is 10.4. The summed E-state index contributed by atoms with van der Waals surface area (Å²) in [6.45, 7) is 4.01. The van der Waals surface area contributed by atoms with Crippen LogP contribution in [0.25, 0.3) is 0 Å². The quantitative estimate of drug-likeness (QED) is 0.515. The number of rotatable bonds is 4. The first-order chi connectivity index (χ1) is 4.20. The highest BCUT2D eigenvalue weighted by molar-refractivity contribution is 8.39. The molecule has 0 saturated carbocycles. The Morgan fingerprint density at radius 1 is 1.56 bits per heavy atom. The van der Waals surface area contributed by atoms with Gasteiger partial charge in [0, 0.05) is 0 Å². The summed E-state index contributed by atoms with van der Waals surface area (Å²) in [5.74, 6) is 0. The molecular formula is C5H13O2PS. The molecule has 0 N–H and O–H groups in total. The predicted octanol–water partition coefficient (Wildman–Crippen LogP) is 2.51. The molecule has 0 aliphatic carbocycles. The van der Waals surface area contributed by atoms with E-state index < -0.39 is 7.23 Å². The molecule has 0 aliphatic heterocycles. The third kappa shape index (κ3) is 5.01. The van der Waals surface area contributed by atoms with E-state index in [0.717, 1.165) is 12.8 Å². The van der Waals surface area contributed by atoms with Crippen molar-refractivity contribution in [1.29, 1.82) is 0 Å². The molecule has 0 radical (unpaired) electrons. The summed E-state index contributed by atoms with van der Waals surface area (Å²) in [4.78, 5) is 0. The van der Waals surface area contributed by atoms with Gasteiger partial charge in [0.2, 0.25) is 7.23 Å². The van der Waals surface area contributed by atoms with E-state index in [1.165, 1.54) is 0 Å². The lowest BCUT2D eigenvalue weighted by molar-refractivity contribution is 0.212.